The van der Waals surface area contributed by atoms with Crippen LogP contribution in [-0.4, -0.2) is 27.7 Å². The topological polar surface area (TPSA) is 84.1 Å². The fourth-order valence-electron chi connectivity index (χ4n) is 2.31. The molecule has 1 aromatic heterocycles. The van der Waals surface area contributed by atoms with Gasteiger partial charge in [-0.2, -0.15) is 4.98 Å². The third-order valence-electron chi connectivity index (χ3n) is 3.49. The van der Waals surface area contributed by atoms with Crippen LogP contribution in [0.25, 0.3) is 10.9 Å². The summed E-state index contributed by atoms with van der Waals surface area (Å²) in [5.74, 6) is 0.0324. The van der Waals surface area contributed by atoms with Crippen molar-refractivity contribution in [2.75, 3.05) is 17.7 Å². The van der Waals surface area contributed by atoms with Crippen LogP contribution < -0.4 is 11.1 Å². The number of halogens is 1. The van der Waals surface area contributed by atoms with Crippen molar-refractivity contribution in [2.24, 2.45) is 0 Å². The van der Waals surface area contributed by atoms with Crippen molar-refractivity contribution in [3.63, 3.8) is 0 Å². The number of benzene rings is 1. The van der Waals surface area contributed by atoms with Gasteiger partial charge in [-0.05, 0) is 25.0 Å². The molecule has 0 radical (unpaired) electrons. The van der Waals surface area contributed by atoms with Crippen molar-refractivity contribution in [3.8, 4) is 0 Å². The number of nitrogens with one attached hydrogen (secondary N) is 1. The number of aromatic nitrogens is 2. The Morgan fingerprint density at radius 3 is 2.81 bits per heavy atom. The molecule has 0 aliphatic heterocycles. The number of aliphatic hydroxyl groups is 1. The maximum atomic E-state index is 14.1. The number of hydrogen-bond acceptors (Lipinski definition) is 5. The quantitative estimate of drug-likeness (QED) is 0.762. The average Bonchev–Trinajstić information content (AvgIpc) is 2.46. The third-order valence-corrected chi connectivity index (χ3v) is 3.49. The van der Waals surface area contributed by atoms with Crippen LogP contribution in [0, 0.1) is 12.7 Å². The van der Waals surface area contributed by atoms with E-state index in [1.807, 2.05) is 6.92 Å². The van der Waals surface area contributed by atoms with Crippen molar-refractivity contribution >= 4 is 22.7 Å². The smallest absolute Gasteiger partial charge is 0.222 e. The van der Waals surface area contributed by atoms with E-state index in [0.29, 0.717) is 16.7 Å². The van der Waals surface area contributed by atoms with Gasteiger partial charge < -0.3 is 16.2 Å². The van der Waals surface area contributed by atoms with Crippen LogP contribution >= 0.6 is 0 Å². The number of hydrogen-bond donors (Lipinski definition) is 3. The highest BCUT2D eigenvalue weighted by Crippen LogP contribution is 2.27. The van der Waals surface area contributed by atoms with Gasteiger partial charge in [0.15, 0.2) is 0 Å². The zero-order chi connectivity index (χ0) is 15.4. The van der Waals surface area contributed by atoms with E-state index in [0.717, 1.165) is 24.8 Å². The van der Waals surface area contributed by atoms with Gasteiger partial charge in [-0.1, -0.05) is 25.8 Å². The van der Waals surface area contributed by atoms with E-state index < -0.39 is 5.82 Å². The number of rotatable bonds is 6. The zero-order valence-electron chi connectivity index (χ0n) is 12.4. The molecule has 4 N–H and O–H groups in total. The minimum Gasteiger partial charge on any atom is -0.394 e. The van der Waals surface area contributed by atoms with Crippen LogP contribution in [0.3, 0.4) is 0 Å². The van der Waals surface area contributed by atoms with E-state index in [-0.39, 0.29) is 18.6 Å². The van der Waals surface area contributed by atoms with Gasteiger partial charge in [-0.3, -0.25) is 0 Å². The Labute approximate surface area is 123 Å². The summed E-state index contributed by atoms with van der Waals surface area (Å²) >= 11 is 0. The number of aliphatic hydroxyl groups excluding tert-OH is 1. The van der Waals surface area contributed by atoms with Gasteiger partial charge in [0.25, 0.3) is 0 Å². The van der Waals surface area contributed by atoms with Gasteiger partial charge in [0.1, 0.15) is 11.6 Å². The molecule has 0 spiro atoms. The second-order valence-corrected chi connectivity index (χ2v) is 5.18. The number of nitrogens with zero attached hydrogens (tertiary/aromatic N) is 2. The zero-order valence-corrected chi connectivity index (χ0v) is 12.4. The molecule has 0 bridgehead atoms. The minimum absolute atomic E-state index is 0.0428. The van der Waals surface area contributed by atoms with Gasteiger partial charge in [-0.25, -0.2) is 9.37 Å². The first-order valence-corrected chi connectivity index (χ1v) is 7.16. The Balaban J connectivity index is 2.45. The molecule has 1 atom stereocenters. The summed E-state index contributed by atoms with van der Waals surface area (Å²) in [6, 6.07) is 2.87. The summed E-state index contributed by atoms with van der Waals surface area (Å²) < 4.78 is 14.1. The summed E-state index contributed by atoms with van der Waals surface area (Å²) in [5, 5.41) is 12.9. The summed E-state index contributed by atoms with van der Waals surface area (Å²) in [6.07, 6.45) is 2.78. The van der Waals surface area contributed by atoms with Gasteiger partial charge in [0, 0.05) is 0 Å². The number of anilines is 2. The molecule has 0 saturated heterocycles. The molecule has 0 unspecified atom stereocenters. The molecule has 2 rings (SSSR count). The van der Waals surface area contributed by atoms with Crippen LogP contribution in [0.4, 0.5) is 16.2 Å². The van der Waals surface area contributed by atoms with Crippen LogP contribution in [-0.2, 0) is 0 Å². The lowest BCUT2D eigenvalue weighted by Crippen LogP contribution is -2.25. The third kappa shape index (κ3) is 3.39. The van der Waals surface area contributed by atoms with Gasteiger partial charge in [0.05, 0.1) is 23.6 Å². The molecular formula is C15H21FN4O. The normalized spacial score (nSPS) is 12.6. The molecule has 6 heteroatoms. The highest BCUT2D eigenvalue weighted by Gasteiger charge is 2.16. The predicted molar refractivity (Wildman–Crippen MR) is 82.7 cm³/mol. The minimum atomic E-state index is -0.398. The SMILES string of the molecule is CCCC[C@H](CO)Nc1nc(N)nc2c(C)ccc(F)c12. The number of unbranched alkanes of at least 4 members (excludes halogenated alkanes) is 1. The molecule has 21 heavy (non-hydrogen) atoms. The van der Waals surface area contributed by atoms with Crippen LogP contribution in [0.15, 0.2) is 12.1 Å². The van der Waals surface area contributed by atoms with E-state index in [9.17, 15) is 9.50 Å². The molecule has 0 amide bonds. The average molecular weight is 292 g/mol. The second-order valence-electron chi connectivity index (χ2n) is 5.18. The monoisotopic (exact) mass is 292 g/mol. The largest absolute Gasteiger partial charge is 0.394 e. The Hall–Kier alpha value is -1.95. The first-order valence-electron chi connectivity index (χ1n) is 7.16. The highest BCUT2D eigenvalue weighted by atomic mass is 19.1. The van der Waals surface area contributed by atoms with Gasteiger partial charge in [0.2, 0.25) is 5.95 Å². The fourth-order valence-corrected chi connectivity index (χ4v) is 2.31. The summed E-state index contributed by atoms with van der Waals surface area (Å²) in [5.41, 5.74) is 7.04. The lowest BCUT2D eigenvalue weighted by Gasteiger charge is -2.18. The van der Waals surface area contributed by atoms with Crippen molar-refractivity contribution in [3.05, 3.63) is 23.5 Å². The predicted octanol–water partition coefficient (Wildman–Crippen LogP) is 2.62. The van der Waals surface area contributed by atoms with Crippen molar-refractivity contribution < 1.29 is 9.50 Å². The molecule has 0 aliphatic rings. The molecule has 5 nitrogen and oxygen atoms in total. The number of fused-ring (bicyclic) bond motifs is 1. The molecule has 0 aliphatic carbocycles. The van der Waals surface area contributed by atoms with E-state index in [1.165, 1.54) is 6.07 Å². The van der Waals surface area contributed by atoms with E-state index >= 15 is 0 Å². The second kappa shape index (κ2) is 6.67. The van der Waals surface area contributed by atoms with Crippen molar-refractivity contribution in [1.29, 1.82) is 0 Å². The van der Waals surface area contributed by atoms with E-state index in [4.69, 9.17) is 5.73 Å². The first-order chi connectivity index (χ1) is 10.1. The first kappa shape index (κ1) is 15.4. The maximum absolute atomic E-state index is 14.1. The highest BCUT2D eigenvalue weighted by molar-refractivity contribution is 5.92. The van der Waals surface area contributed by atoms with Gasteiger partial charge in [-0.15, -0.1) is 0 Å². The number of nitrogens with two attached hydrogens (primary N) is 1. The fraction of sp³-hybridized carbons (Fsp3) is 0.467. The lowest BCUT2D eigenvalue weighted by molar-refractivity contribution is 0.267. The van der Waals surface area contributed by atoms with E-state index in [1.54, 1.807) is 6.07 Å². The Kier molecular flexibility index (Phi) is 4.90. The summed E-state index contributed by atoms with van der Waals surface area (Å²) in [4.78, 5) is 8.22. The summed E-state index contributed by atoms with van der Waals surface area (Å²) in [7, 11) is 0. The van der Waals surface area contributed by atoms with Crippen molar-refractivity contribution in [1.82, 2.24) is 9.97 Å². The molecule has 2 aromatic rings. The van der Waals surface area contributed by atoms with Crippen LogP contribution in [0.2, 0.25) is 0 Å². The number of nitrogen functional groups attached to an aromatic ring is 1. The molecular weight excluding hydrogens is 271 g/mol. The maximum Gasteiger partial charge on any atom is 0.222 e. The molecule has 114 valence electrons. The Morgan fingerprint density at radius 2 is 2.14 bits per heavy atom. The molecule has 0 saturated carbocycles. The lowest BCUT2D eigenvalue weighted by atomic mass is 10.1. The van der Waals surface area contributed by atoms with E-state index in [2.05, 4.69) is 22.2 Å². The standard InChI is InChI=1S/C15H21FN4O/c1-3-4-5-10(8-21)18-14-12-11(16)7-6-9(2)13(12)19-15(17)20-14/h6-7,10,21H,3-5,8H2,1-2H3,(H3,17,18,19,20)/t10-/m1/s1. The molecule has 1 aromatic carbocycles. The van der Waals surface area contributed by atoms with Gasteiger partial charge >= 0.3 is 0 Å². The van der Waals surface area contributed by atoms with Crippen LogP contribution in [0.1, 0.15) is 31.7 Å². The Bertz CT molecular complexity index is 633. The number of aryl methyl sites for hydroxylation is 1. The Morgan fingerprint density at radius 1 is 1.38 bits per heavy atom. The molecule has 0 fully saturated rings. The van der Waals surface area contributed by atoms with Crippen LogP contribution in [0.5, 0.6) is 0 Å². The molecule has 1 heterocycles. The summed E-state index contributed by atoms with van der Waals surface area (Å²) in [6.45, 7) is 3.88. The van der Waals surface area contributed by atoms with Crippen molar-refractivity contribution in [2.45, 2.75) is 39.2 Å².